The molecule has 0 N–H and O–H groups in total. The normalized spacial score (nSPS) is 16.0. The van der Waals surface area contributed by atoms with Crippen LogP contribution < -0.4 is 0 Å². The summed E-state index contributed by atoms with van der Waals surface area (Å²) >= 11 is 1.26. The Labute approximate surface area is 143 Å². The number of ether oxygens (including phenoxy) is 1. The SMILES string of the molecule is Cc1csc([C@@H](C#N)C(=O)COC(=O)C2(c3ccccc3)CC2)n1. The number of esters is 1. The van der Waals surface area contributed by atoms with E-state index in [1.54, 1.807) is 12.3 Å². The first kappa shape index (κ1) is 16.3. The van der Waals surface area contributed by atoms with Crippen molar-refractivity contribution in [3.05, 3.63) is 52.0 Å². The number of benzene rings is 1. The summed E-state index contributed by atoms with van der Waals surface area (Å²) in [5.74, 6) is -1.82. The number of Topliss-reactive ketones (excluding diaryl/α,β-unsaturated/α-hetero) is 1. The van der Waals surface area contributed by atoms with Crippen LogP contribution in [0, 0.1) is 18.3 Å². The van der Waals surface area contributed by atoms with Gasteiger partial charge in [-0.05, 0) is 25.3 Å². The van der Waals surface area contributed by atoms with E-state index in [-0.39, 0.29) is 0 Å². The molecule has 0 radical (unpaired) electrons. The lowest BCUT2D eigenvalue weighted by molar-refractivity contribution is -0.150. The summed E-state index contributed by atoms with van der Waals surface area (Å²) in [5, 5.41) is 11.5. The molecule has 5 nitrogen and oxygen atoms in total. The third-order valence-electron chi connectivity index (χ3n) is 4.15. The van der Waals surface area contributed by atoms with E-state index in [4.69, 9.17) is 4.74 Å². The molecule has 1 aliphatic carbocycles. The molecule has 122 valence electrons. The number of ketones is 1. The molecule has 0 saturated heterocycles. The van der Waals surface area contributed by atoms with Crippen molar-refractivity contribution < 1.29 is 14.3 Å². The Balaban J connectivity index is 1.64. The van der Waals surface area contributed by atoms with Gasteiger partial charge in [0.25, 0.3) is 0 Å². The van der Waals surface area contributed by atoms with Gasteiger partial charge in [0.05, 0.1) is 11.5 Å². The highest BCUT2D eigenvalue weighted by Gasteiger charge is 2.52. The summed E-state index contributed by atoms with van der Waals surface area (Å²) in [6.07, 6.45) is 1.44. The van der Waals surface area contributed by atoms with E-state index in [9.17, 15) is 14.9 Å². The van der Waals surface area contributed by atoms with Gasteiger partial charge in [-0.2, -0.15) is 5.26 Å². The van der Waals surface area contributed by atoms with Gasteiger partial charge in [0.1, 0.15) is 5.01 Å². The van der Waals surface area contributed by atoms with Crippen molar-refractivity contribution in [2.45, 2.75) is 31.1 Å². The van der Waals surface area contributed by atoms with Gasteiger partial charge in [-0.25, -0.2) is 4.98 Å². The second-order valence-corrected chi connectivity index (χ2v) is 6.77. The number of aryl methyl sites for hydroxylation is 1. The number of nitriles is 1. The standard InChI is InChI=1S/C18H16N2O3S/c1-12-11-24-16(20-12)14(9-19)15(21)10-23-17(22)18(7-8-18)13-5-3-2-4-6-13/h2-6,11,14H,7-8,10H2,1H3/t14-/m0/s1. The second kappa shape index (κ2) is 6.54. The zero-order valence-electron chi connectivity index (χ0n) is 13.2. The average molecular weight is 340 g/mol. The van der Waals surface area contributed by atoms with Crippen molar-refractivity contribution in [3.8, 4) is 6.07 Å². The molecule has 0 bridgehead atoms. The van der Waals surface area contributed by atoms with Crippen molar-refractivity contribution in [1.82, 2.24) is 4.98 Å². The molecule has 1 saturated carbocycles. The number of aromatic nitrogens is 1. The molecular formula is C18H16N2O3S. The van der Waals surface area contributed by atoms with Gasteiger partial charge in [-0.15, -0.1) is 11.3 Å². The first-order valence-corrected chi connectivity index (χ1v) is 8.52. The molecule has 0 aliphatic heterocycles. The maximum atomic E-state index is 12.4. The third kappa shape index (κ3) is 3.08. The number of nitrogens with zero attached hydrogens (tertiary/aromatic N) is 2. The van der Waals surface area contributed by atoms with Crippen LogP contribution in [0.15, 0.2) is 35.7 Å². The van der Waals surface area contributed by atoms with Gasteiger partial charge in [0.2, 0.25) is 0 Å². The lowest BCUT2D eigenvalue weighted by atomic mass is 9.96. The Morgan fingerprint density at radius 3 is 2.62 bits per heavy atom. The van der Waals surface area contributed by atoms with Gasteiger partial charge >= 0.3 is 5.97 Å². The first-order chi connectivity index (χ1) is 11.6. The number of thiazole rings is 1. The molecule has 1 aromatic heterocycles. The van der Waals surface area contributed by atoms with Gasteiger partial charge < -0.3 is 4.74 Å². The fourth-order valence-electron chi connectivity index (χ4n) is 2.62. The minimum atomic E-state index is -0.983. The van der Waals surface area contributed by atoms with Crippen LogP contribution in [0.25, 0.3) is 0 Å². The molecule has 2 aromatic rings. The van der Waals surface area contributed by atoms with E-state index < -0.39 is 29.7 Å². The Bertz CT molecular complexity index is 803. The van der Waals surface area contributed by atoms with E-state index >= 15 is 0 Å². The monoisotopic (exact) mass is 340 g/mol. The Morgan fingerprint density at radius 1 is 1.38 bits per heavy atom. The van der Waals surface area contributed by atoms with Crippen LogP contribution in [0.5, 0.6) is 0 Å². The summed E-state index contributed by atoms with van der Waals surface area (Å²) < 4.78 is 5.23. The van der Waals surface area contributed by atoms with Crippen molar-refractivity contribution in [2.24, 2.45) is 0 Å². The Hall–Kier alpha value is -2.52. The number of hydrogen-bond donors (Lipinski definition) is 0. The molecule has 1 aromatic carbocycles. The molecule has 1 atom stereocenters. The third-order valence-corrected chi connectivity index (χ3v) is 5.17. The predicted molar refractivity (Wildman–Crippen MR) is 88.5 cm³/mol. The average Bonchev–Trinajstić information content (AvgIpc) is 3.31. The Kier molecular flexibility index (Phi) is 4.45. The van der Waals surface area contributed by atoms with Crippen LogP contribution in [-0.4, -0.2) is 23.3 Å². The first-order valence-electron chi connectivity index (χ1n) is 7.64. The summed E-state index contributed by atoms with van der Waals surface area (Å²) in [7, 11) is 0. The van der Waals surface area contributed by atoms with Gasteiger partial charge in [-0.3, -0.25) is 9.59 Å². The van der Waals surface area contributed by atoms with E-state index in [0.717, 1.165) is 24.1 Å². The molecular weight excluding hydrogens is 324 g/mol. The summed E-state index contributed by atoms with van der Waals surface area (Å²) in [6.45, 7) is 1.40. The van der Waals surface area contributed by atoms with E-state index in [0.29, 0.717) is 5.01 Å². The van der Waals surface area contributed by atoms with E-state index in [1.165, 1.54) is 11.3 Å². The van der Waals surface area contributed by atoms with Crippen molar-refractivity contribution >= 4 is 23.1 Å². The molecule has 3 rings (SSSR count). The molecule has 1 heterocycles. The van der Waals surface area contributed by atoms with E-state index in [2.05, 4.69) is 4.98 Å². The Morgan fingerprint density at radius 2 is 2.08 bits per heavy atom. The summed E-state index contributed by atoms with van der Waals surface area (Å²) in [6, 6.07) is 11.4. The minimum absolute atomic E-state index is 0.394. The molecule has 1 aliphatic rings. The van der Waals surface area contributed by atoms with Crippen LogP contribution in [-0.2, 0) is 19.7 Å². The fraction of sp³-hybridized carbons (Fsp3) is 0.333. The van der Waals surface area contributed by atoms with Crippen molar-refractivity contribution in [3.63, 3.8) is 0 Å². The van der Waals surface area contributed by atoms with Crippen LogP contribution in [0.2, 0.25) is 0 Å². The maximum Gasteiger partial charge on any atom is 0.316 e. The van der Waals surface area contributed by atoms with Gasteiger partial charge in [-0.1, -0.05) is 30.3 Å². The minimum Gasteiger partial charge on any atom is -0.457 e. The second-order valence-electron chi connectivity index (χ2n) is 5.88. The molecule has 0 unspecified atom stereocenters. The summed E-state index contributed by atoms with van der Waals surface area (Å²) in [4.78, 5) is 28.8. The zero-order chi connectivity index (χ0) is 17.2. The van der Waals surface area contributed by atoms with Crippen LogP contribution in [0.3, 0.4) is 0 Å². The highest BCUT2D eigenvalue weighted by molar-refractivity contribution is 7.09. The zero-order valence-corrected chi connectivity index (χ0v) is 14.0. The number of carbonyl (C=O) groups excluding carboxylic acids is 2. The molecule has 1 fully saturated rings. The lowest BCUT2D eigenvalue weighted by Gasteiger charge is -2.15. The van der Waals surface area contributed by atoms with E-state index in [1.807, 2.05) is 36.4 Å². The van der Waals surface area contributed by atoms with Crippen LogP contribution in [0.1, 0.15) is 35.0 Å². The molecule has 24 heavy (non-hydrogen) atoms. The number of carbonyl (C=O) groups is 2. The van der Waals surface area contributed by atoms with Crippen molar-refractivity contribution in [2.75, 3.05) is 6.61 Å². The topological polar surface area (TPSA) is 80.0 Å². The van der Waals surface area contributed by atoms with Crippen LogP contribution in [0.4, 0.5) is 0 Å². The smallest absolute Gasteiger partial charge is 0.316 e. The van der Waals surface area contributed by atoms with Gasteiger partial charge in [0.15, 0.2) is 18.3 Å². The number of rotatable bonds is 6. The largest absolute Gasteiger partial charge is 0.457 e. The molecule has 6 heteroatoms. The quantitative estimate of drug-likeness (QED) is 0.755. The lowest BCUT2D eigenvalue weighted by Crippen LogP contribution is -2.27. The molecule has 0 amide bonds. The highest BCUT2D eigenvalue weighted by Crippen LogP contribution is 2.49. The molecule has 0 spiro atoms. The number of hydrogen-bond acceptors (Lipinski definition) is 6. The maximum absolute atomic E-state index is 12.4. The fourth-order valence-corrected chi connectivity index (χ4v) is 3.48. The van der Waals surface area contributed by atoms with Crippen molar-refractivity contribution in [1.29, 1.82) is 5.26 Å². The summed E-state index contributed by atoms with van der Waals surface area (Å²) in [5.41, 5.74) is 1.05. The highest BCUT2D eigenvalue weighted by atomic mass is 32.1. The predicted octanol–water partition coefficient (Wildman–Crippen LogP) is 2.90. The van der Waals surface area contributed by atoms with Gasteiger partial charge in [0, 0.05) is 11.1 Å². The van der Waals surface area contributed by atoms with Crippen LogP contribution >= 0.6 is 11.3 Å².